The predicted molar refractivity (Wildman–Crippen MR) is 67.7 cm³/mol. The van der Waals surface area contributed by atoms with Gasteiger partial charge in [-0.05, 0) is 59.8 Å². The number of nitrogens with zero attached hydrogens (tertiary/aromatic N) is 2. The summed E-state index contributed by atoms with van der Waals surface area (Å²) in [7, 11) is 4.34. The molecule has 0 spiro atoms. The Hall–Kier alpha value is -0.410. The maximum atomic E-state index is 10.8. The van der Waals surface area contributed by atoms with Crippen molar-refractivity contribution < 1.29 is 4.79 Å². The van der Waals surface area contributed by atoms with Crippen LogP contribution >= 0.6 is 0 Å². The molecule has 1 rings (SSSR count). The van der Waals surface area contributed by atoms with Gasteiger partial charge in [-0.15, -0.1) is 0 Å². The summed E-state index contributed by atoms with van der Waals surface area (Å²) in [5.41, 5.74) is 0. The Labute approximate surface area is 99.8 Å². The van der Waals surface area contributed by atoms with Crippen LogP contribution in [-0.4, -0.2) is 55.4 Å². The standard InChI is InChI=1S/C13H26N2O/c1-12(16)7-4-5-9-15-10-6-8-13(11-15)14(2)3/h13H,4-11H2,1-3H3. The maximum absolute atomic E-state index is 10.8. The van der Waals surface area contributed by atoms with E-state index in [-0.39, 0.29) is 0 Å². The molecular formula is C13H26N2O. The lowest BCUT2D eigenvalue weighted by molar-refractivity contribution is -0.117. The zero-order valence-electron chi connectivity index (χ0n) is 11.0. The smallest absolute Gasteiger partial charge is 0.129 e. The van der Waals surface area contributed by atoms with E-state index in [1.54, 1.807) is 6.92 Å². The Morgan fingerprint density at radius 1 is 1.38 bits per heavy atom. The van der Waals surface area contributed by atoms with Crippen LogP contribution in [0, 0.1) is 0 Å². The second kappa shape index (κ2) is 7.02. The summed E-state index contributed by atoms with van der Waals surface area (Å²) in [5.74, 6) is 0.324. The van der Waals surface area contributed by atoms with E-state index >= 15 is 0 Å². The van der Waals surface area contributed by atoms with E-state index in [2.05, 4.69) is 23.9 Å². The van der Waals surface area contributed by atoms with Gasteiger partial charge in [0, 0.05) is 19.0 Å². The number of likely N-dealkylation sites (tertiary alicyclic amines) is 1. The summed E-state index contributed by atoms with van der Waals surface area (Å²) >= 11 is 0. The molecule has 1 heterocycles. The molecule has 1 fully saturated rings. The highest BCUT2D eigenvalue weighted by atomic mass is 16.1. The van der Waals surface area contributed by atoms with E-state index in [1.807, 2.05) is 0 Å². The third-order valence-corrected chi connectivity index (χ3v) is 3.46. The number of likely N-dealkylation sites (N-methyl/N-ethyl adjacent to an activating group) is 1. The number of ketones is 1. The molecule has 0 saturated carbocycles. The van der Waals surface area contributed by atoms with Gasteiger partial charge in [0.1, 0.15) is 5.78 Å². The lowest BCUT2D eigenvalue weighted by atomic mass is 10.0. The van der Waals surface area contributed by atoms with Gasteiger partial charge in [0.25, 0.3) is 0 Å². The Morgan fingerprint density at radius 3 is 2.75 bits per heavy atom. The largest absolute Gasteiger partial charge is 0.305 e. The molecule has 1 aliphatic heterocycles. The van der Waals surface area contributed by atoms with Crippen LogP contribution in [-0.2, 0) is 4.79 Å². The molecule has 0 N–H and O–H groups in total. The predicted octanol–water partition coefficient (Wildman–Crippen LogP) is 1.77. The zero-order valence-corrected chi connectivity index (χ0v) is 11.0. The maximum Gasteiger partial charge on any atom is 0.129 e. The number of hydrogen-bond acceptors (Lipinski definition) is 3. The lowest BCUT2D eigenvalue weighted by Gasteiger charge is -2.36. The Balaban J connectivity index is 2.14. The van der Waals surface area contributed by atoms with Crippen molar-refractivity contribution in [2.75, 3.05) is 33.7 Å². The van der Waals surface area contributed by atoms with Crippen LogP contribution in [0.25, 0.3) is 0 Å². The number of piperidine rings is 1. The minimum Gasteiger partial charge on any atom is -0.305 e. The molecule has 0 aliphatic carbocycles. The Morgan fingerprint density at radius 2 is 2.12 bits per heavy atom. The van der Waals surface area contributed by atoms with E-state index in [9.17, 15) is 4.79 Å². The summed E-state index contributed by atoms with van der Waals surface area (Å²) in [6, 6.07) is 0.724. The summed E-state index contributed by atoms with van der Waals surface area (Å²) in [5, 5.41) is 0. The molecule has 0 aromatic carbocycles. The third kappa shape index (κ3) is 5.08. The molecule has 1 unspecified atom stereocenters. The molecular weight excluding hydrogens is 200 g/mol. The van der Waals surface area contributed by atoms with Crippen molar-refractivity contribution in [1.82, 2.24) is 9.80 Å². The van der Waals surface area contributed by atoms with E-state index in [4.69, 9.17) is 0 Å². The van der Waals surface area contributed by atoms with Crippen LogP contribution in [0.3, 0.4) is 0 Å². The van der Waals surface area contributed by atoms with Crippen molar-refractivity contribution >= 4 is 5.78 Å². The van der Waals surface area contributed by atoms with Crippen molar-refractivity contribution in [2.24, 2.45) is 0 Å². The molecule has 1 atom stereocenters. The highest BCUT2D eigenvalue weighted by Gasteiger charge is 2.20. The fourth-order valence-electron chi connectivity index (χ4n) is 2.37. The van der Waals surface area contributed by atoms with Crippen LogP contribution in [0.4, 0.5) is 0 Å². The minimum absolute atomic E-state index is 0.324. The highest BCUT2D eigenvalue weighted by molar-refractivity contribution is 5.75. The van der Waals surface area contributed by atoms with Crippen molar-refractivity contribution in [3.8, 4) is 0 Å². The van der Waals surface area contributed by atoms with E-state index in [0.29, 0.717) is 5.78 Å². The van der Waals surface area contributed by atoms with Gasteiger partial charge in [-0.1, -0.05) is 0 Å². The molecule has 0 bridgehead atoms. The highest BCUT2D eigenvalue weighted by Crippen LogP contribution is 2.14. The summed E-state index contributed by atoms with van der Waals surface area (Å²) < 4.78 is 0. The normalized spacial score (nSPS) is 22.6. The second-order valence-electron chi connectivity index (χ2n) is 5.22. The molecule has 3 nitrogen and oxygen atoms in total. The number of Topliss-reactive ketones (excluding diaryl/α,β-unsaturated/α-hetero) is 1. The van der Waals surface area contributed by atoms with E-state index in [1.165, 1.54) is 32.4 Å². The first-order valence-electron chi connectivity index (χ1n) is 6.48. The van der Waals surface area contributed by atoms with Crippen LogP contribution < -0.4 is 0 Å². The number of carbonyl (C=O) groups excluding carboxylic acids is 1. The number of unbranched alkanes of at least 4 members (excludes halogenated alkanes) is 1. The second-order valence-corrected chi connectivity index (χ2v) is 5.22. The van der Waals surface area contributed by atoms with Gasteiger partial charge in [0.2, 0.25) is 0 Å². The van der Waals surface area contributed by atoms with Crippen LogP contribution in [0.2, 0.25) is 0 Å². The van der Waals surface area contributed by atoms with Gasteiger partial charge in [0.05, 0.1) is 0 Å². The summed E-state index contributed by atoms with van der Waals surface area (Å²) in [6.07, 6.45) is 5.62. The lowest BCUT2D eigenvalue weighted by Crippen LogP contribution is -2.45. The molecule has 16 heavy (non-hydrogen) atoms. The topological polar surface area (TPSA) is 23.6 Å². The minimum atomic E-state index is 0.324. The van der Waals surface area contributed by atoms with Gasteiger partial charge in [0.15, 0.2) is 0 Å². The third-order valence-electron chi connectivity index (χ3n) is 3.46. The SMILES string of the molecule is CC(=O)CCCCN1CCCC(N(C)C)C1. The average Bonchev–Trinajstić information content (AvgIpc) is 2.24. The molecule has 0 aromatic heterocycles. The quantitative estimate of drug-likeness (QED) is 0.645. The summed E-state index contributed by atoms with van der Waals surface area (Å²) in [4.78, 5) is 15.7. The average molecular weight is 226 g/mol. The van der Waals surface area contributed by atoms with Crippen LogP contribution in [0.15, 0.2) is 0 Å². The first kappa shape index (κ1) is 13.7. The monoisotopic (exact) mass is 226 g/mol. The summed E-state index contributed by atoms with van der Waals surface area (Å²) in [6.45, 7) is 5.29. The molecule has 0 amide bonds. The number of carbonyl (C=O) groups is 1. The number of rotatable bonds is 6. The van der Waals surface area contributed by atoms with Crippen molar-refractivity contribution in [3.63, 3.8) is 0 Å². The van der Waals surface area contributed by atoms with Crippen molar-refractivity contribution in [3.05, 3.63) is 0 Å². The van der Waals surface area contributed by atoms with E-state index < -0.39 is 0 Å². The van der Waals surface area contributed by atoms with E-state index in [0.717, 1.165) is 25.4 Å². The first-order valence-corrected chi connectivity index (χ1v) is 6.48. The molecule has 0 radical (unpaired) electrons. The van der Waals surface area contributed by atoms with Gasteiger partial charge < -0.3 is 14.6 Å². The molecule has 94 valence electrons. The van der Waals surface area contributed by atoms with Crippen LogP contribution in [0.5, 0.6) is 0 Å². The van der Waals surface area contributed by atoms with Gasteiger partial charge in [-0.2, -0.15) is 0 Å². The van der Waals surface area contributed by atoms with Gasteiger partial charge >= 0.3 is 0 Å². The molecule has 0 aromatic rings. The zero-order chi connectivity index (χ0) is 12.0. The molecule has 3 heteroatoms. The van der Waals surface area contributed by atoms with Gasteiger partial charge in [-0.3, -0.25) is 0 Å². The van der Waals surface area contributed by atoms with Crippen molar-refractivity contribution in [1.29, 1.82) is 0 Å². The van der Waals surface area contributed by atoms with Crippen molar-refractivity contribution in [2.45, 2.75) is 45.1 Å². The number of hydrogen-bond donors (Lipinski definition) is 0. The Kier molecular flexibility index (Phi) is 5.99. The fraction of sp³-hybridized carbons (Fsp3) is 0.923. The first-order chi connectivity index (χ1) is 7.59. The van der Waals surface area contributed by atoms with Crippen LogP contribution in [0.1, 0.15) is 39.0 Å². The molecule has 1 aliphatic rings. The molecule has 1 saturated heterocycles. The fourth-order valence-corrected chi connectivity index (χ4v) is 2.37. The van der Waals surface area contributed by atoms with Gasteiger partial charge in [-0.25, -0.2) is 0 Å². The Bertz CT molecular complexity index is 216.